The summed E-state index contributed by atoms with van der Waals surface area (Å²) < 4.78 is 5.80. The molecular formula is C15H19N3O. The maximum absolute atomic E-state index is 5.80. The SMILES string of the molecule is CCCc1nc(N)cc(Oc2ccc(C)cc2C)n1. The molecule has 19 heavy (non-hydrogen) atoms. The number of aryl methyl sites for hydroxylation is 3. The van der Waals surface area contributed by atoms with E-state index in [-0.39, 0.29) is 0 Å². The molecule has 0 atom stereocenters. The van der Waals surface area contributed by atoms with Crippen LogP contribution < -0.4 is 10.5 Å². The lowest BCUT2D eigenvalue weighted by molar-refractivity contribution is 0.455. The van der Waals surface area contributed by atoms with E-state index in [1.54, 1.807) is 6.07 Å². The van der Waals surface area contributed by atoms with E-state index in [9.17, 15) is 0 Å². The Bertz CT molecular complexity index is 582. The highest BCUT2D eigenvalue weighted by atomic mass is 16.5. The Balaban J connectivity index is 2.27. The molecule has 1 aromatic carbocycles. The lowest BCUT2D eigenvalue weighted by atomic mass is 10.1. The van der Waals surface area contributed by atoms with Crippen LogP contribution in [0.4, 0.5) is 5.82 Å². The van der Waals surface area contributed by atoms with Crippen LogP contribution in [0.5, 0.6) is 11.6 Å². The van der Waals surface area contributed by atoms with Crippen molar-refractivity contribution in [1.29, 1.82) is 0 Å². The maximum atomic E-state index is 5.80. The summed E-state index contributed by atoms with van der Waals surface area (Å²) in [5.41, 5.74) is 8.06. The number of nitrogens with zero attached hydrogens (tertiary/aromatic N) is 2. The van der Waals surface area contributed by atoms with Gasteiger partial charge in [0.2, 0.25) is 5.88 Å². The molecule has 0 aliphatic rings. The number of aromatic nitrogens is 2. The van der Waals surface area contributed by atoms with E-state index in [0.717, 1.165) is 30.0 Å². The molecule has 0 saturated carbocycles. The van der Waals surface area contributed by atoms with Gasteiger partial charge < -0.3 is 10.5 Å². The summed E-state index contributed by atoms with van der Waals surface area (Å²) in [5, 5.41) is 0. The van der Waals surface area contributed by atoms with Gasteiger partial charge in [0.15, 0.2) is 0 Å². The fourth-order valence-corrected chi connectivity index (χ4v) is 1.91. The van der Waals surface area contributed by atoms with E-state index in [1.807, 2.05) is 19.1 Å². The van der Waals surface area contributed by atoms with E-state index < -0.39 is 0 Å². The highest BCUT2D eigenvalue weighted by molar-refractivity contribution is 5.40. The molecule has 2 aromatic rings. The predicted molar refractivity (Wildman–Crippen MR) is 76.4 cm³/mol. The molecule has 0 radical (unpaired) electrons. The molecule has 1 heterocycles. The molecule has 4 nitrogen and oxygen atoms in total. The first kappa shape index (κ1) is 13.3. The number of hydrogen-bond acceptors (Lipinski definition) is 4. The van der Waals surface area contributed by atoms with Crippen LogP contribution in [-0.2, 0) is 6.42 Å². The second-order valence-corrected chi connectivity index (χ2v) is 4.67. The summed E-state index contributed by atoms with van der Waals surface area (Å²) in [5.74, 6) is 2.47. The third kappa shape index (κ3) is 3.44. The predicted octanol–water partition coefficient (Wildman–Crippen LogP) is 3.42. The van der Waals surface area contributed by atoms with Crippen LogP contribution in [-0.4, -0.2) is 9.97 Å². The molecule has 2 rings (SSSR count). The van der Waals surface area contributed by atoms with E-state index >= 15 is 0 Å². The van der Waals surface area contributed by atoms with Crippen molar-refractivity contribution in [1.82, 2.24) is 9.97 Å². The molecule has 100 valence electrons. The summed E-state index contributed by atoms with van der Waals surface area (Å²) in [6, 6.07) is 7.69. The molecule has 1 aromatic heterocycles. The van der Waals surface area contributed by atoms with Crippen LogP contribution in [0.2, 0.25) is 0 Å². The summed E-state index contributed by atoms with van der Waals surface area (Å²) >= 11 is 0. The van der Waals surface area contributed by atoms with Gasteiger partial charge >= 0.3 is 0 Å². The van der Waals surface area contributed by atoms with Crippen molar-refractivity contribution >= 4 is 5.82 Å². The molecule has 0 spiro atoms. The zero-order valence-electron chi connectivity index (χ0n) is 11.6. The highest BCUT2D eigenvalue weighted by Gasteiger charge is 2.06. The molecule has 0 fully saturated rings. The summed E-state index contributed by atoms with van der Waals surface area (Å²) in [7, 11) is 0. The molecule has 0 unspecified atom stereocenters. The van der Waals surface area contributed by atoms with Gasteiger partial charge in [0, 0.05) is 12.5 Å². The maximum Gasteiger partial charge on any atom is 0.224 e. The van der Waals surface area contributed by atoms with E-state index in [2.05, 4.69) is 29.9 Å². The highest BCUT2D eigenvalue weighted by Crippen LogP contribution is 2.25. The first-order valence-electron chi connectivity index (χ1n) is 6.47. The number of hydrogen-bond donors (Lipinski definition) is 1. The Kier molecular flexibility index (Phi) is 4.00. The van der Waals surface area contributed by atoms with E-state index in [0.29, 0.717) is 11.7 Å². The number of ether oxygens (including phenoxy) is 1. The van der Waals surface area contributed by atoms with Crippen LogP contribution in [0.15, 0.2) is 24.3 Å². The third-order valence-electron chi connectivity index (χ3n) is 2.79. The van der Waals surface area contributed by atoms with Crippen LogP contribution in [0, 0.1) is 13.8 Å². The normalized spacial score (nSPS) is 10.5. The first-order chi connectivity index (χ1) is 9.08. The fraction of sp³-hybridized carbons (Fsp3) is 0.333. The van der Waals surface area contributed by atoms with Crippen molar-refractivity contribution in [2.45, 2.75) is 33.6 Å². The van der Waals surface area contributed by atoms with Gasteiger partial charge in [-0.3, -0.25) is 0 Å². The van der Waals surface area contributed by atoms with Crippen LogP contribution >= 0.6 is 0 Å². The van der Waals surface area contributed by atoms with Gasteiger partial charge in [-0.1, -0.05) is 24.6 Å². The van der Waals surface area contributed by atoms with Crippen molar-refractivity contribution in [3.05, 3.63) is 41.2 Å². The van der Waals surface area contributed by atoms with Crippen molar-refractivity contribution in [2.24, 2.45) is 0 Å². The molecule has 0 aliphatic heterocycles. The first-order valence-corrected chi connectivity index (χ1v) is 6.47. The third-order valence-corrected chi connectivity index (χ3v) is 2.79. The van der Waals surface area contributed by atoms with Crippen molar-refractivity contribution in [3.63, 3.8) is 0 Å². The van der Waals surface area contributed by atoms with Gasteiger partial charge in [0.1, 0.15) is 17.4 Å². The van der Waals surface area contributed by atoms with Crippen molar-refractivity contribution in [2.75, 3.05) is 5.73 Å². The van der Waals surface area contributed by atoms with Gasteiger partial charge in [-0.2, -0.15) is 4.98 Å². The largest absolute Gasteiger partial charge is 0.439 e. The minimum Gasteiger partial charge on any atom is -0.439 e. The fourth-order valence-electron chi connectivity index (χ4n) is 1.91. The molecule has 2 N–H and O–H groups in total. The van der Waals surface area contributed by atoms with Crippen molar-refractivity contribution < 1.29 is 4.74 Å². The summed E-state index contributed by atoms with van der Waals surface area (Å²) in [6.45, 7) is 6.15. The van der Waals surface area contributed by atoms with Gasteiger partial charge in [-0.05, 0) is 31.9 Å². The van der Waals surface area contributed by atoms with Gasteiger partial charge in [-0.15, -0.1) is 0 Å². The van der Waals surface area contributed by atoms with E-state index in [1.165, 1.54) is 5.56 Å². The molecule has 0 aliphatic carbocycles. The Morgan fingerprint density at radius 2 is 1.95 bits per heavy atom. The van der Waals surface area contributed by atoms with E-state index in [4.69, 9.17) is 10.5 Å². The van der Waals surface area contributed by atoms with Crippen molar-refractivity contribution in [3.8, 4) is 11.6 Å². The number of rotatable bonds is 4. The lowest BCUT2D eigenvalue weighted by Crippen LogP contribution is -2.01. The second-order valence-electron chi connectivity index (χ2n) is 4.67. The zero-order valence-corrected chi connectivity index (χ0v) is 11.6. The average molecular weight is 257 g/mol. The zero-order chi connectivity index (χ0) is 13.8. The molecule has 0 saturated heterocycles. The second kappa shape index (κ2) is 5.69. The quantitative estimate of drug-likeness (QED) is 0.911. The van der Waals surface area contributed by atoms with Gasteiger partial charge in [-0.25, -0.2) is 4.98 Å². The Hall–Kier alpha value is -2.10. The molecule has 0 bridgehead atoms. The van der Waals surface area contributed by atoms with Gasteiger partial charge in [0.05, 0.1) is 0 Å². The number of nitrogens with two attached hydrogens (primary N) is 1. The Morgan fingerprint density at radius 3 is 2.63 bits per heavy atom. The topological polar surface area (TPSA) is 61.0 Å². The number of benzene rings is 1. The van der Waals surface area contributed by atoms with Crippen LogP contribution in [0.3, 0.4) is 0 Å². The minimum atomic E-state index is 0.443. The smallest absolute Gasteiger partial charge is 0.224 e. The number of anilines is 1. The lowest BCUT2D eigenvalue weighted by Gasteiger charge is -2.10. The Labute approximate surface area is 113 Å². The molecule has 4 heteroatoms. The number of nitrogen functional groups attached to an aromatic ring is 1. The summed E-state index contributed by atoms with van der Waals surface area (Å²) in [6.07, 6.45) is 1.78. The molecule has 0 amide bonds. The van der Waals surface area contributed by atoms with Crippen LogP contribution in [0.25, 0.3) is 0 Å². The monoisotopic (exact) mass is 257 g/mol. The summed E-state index contributed by atoms with van der Waals surface area (Å²) in [4.78, 5) is 8.56. The average Bonchev–Trinajstić information content (AvgIpc) is 2.32. The van der Waals surface area contributed by atoms with Crippen LogP contribution in [0.1, 0.15) is 30.3 Å². The minimum absolute atomic E-state index is 0.443. The van der Waals surface area contributed by atoms with Gasteiger partial charge in [0.25, 0.3) is 0 Å². The molecular weight excluding hydrogens is 238 g/mol. The standard InChI is InChI=1S/C15H19N3O/c1-4-5-14-17-13(16)9-15(18-14)19-12-7-6-10(2)8-11(12)3/h6-9H,4-5H2,1-3H3,(H2,16,17,18). The Morgan fingerprint density at radius 1 is 1.16 bits per heavy atom.